The minimum Gasteiger partial charge on any atom is -0.466 e. The quantitative estimate of drug-likeness (QED) is 0.661. The van der Waals surface area contributed by atoms with Crippen molar-refractivity contribution in [2.45, 2.75) is 50.8 Å². The molecule has 3 atom stereocenters. The van der Waals surface area contributed by atoms with Gasteiger partial charge in [-0.3, -0.25) is 9.69 Å². The fraction of sp³-hybridized carbons (Fsp3) is 0.923. The fourth-order valence-electron chi connectivity index (χ4n) is 3.09. The highest BCUT2D eigenvalue weighted by molar-refractivity contribution is 5.69. The van der Waals surface area contributed by atoms with Crippen LogP contribution in [0.15, 0.2) is 0 Å². The summed E-state index contributed by atoms with van der Waals surface area (Å²) in [6, 6.07) is 1.11. The third-order valence-electron chi connectivity index (χ3n) is 3.93. The van der Waals surface area contributed by atoms with Gasteiger partial charge in [0.05, 0.1) is 19.1 Å². The normalized spacial score (nSPS) is 29.2. The fourth-order valence-corrected chi connectivity index (χ4v) is 3.09. The Bertz CT molecular complexity index is 285. The molecule has 0 spiro atoms. The summed E-state index contributed by atoms with van der Waals surface area (Å²) in [6.45, 7) is 5.01. The predicted molar refractivity (Wildman–Crippen MR) is 68.3 cm³/mol. The molecule has 104 valence electrons. The Balaban J connectivity index is 1.66. The number of nitrogens with one attached hydrogen (secondary N) is 1. The second-order valence-electron chi connectivity index (χ2n) is 5.21. The molecule has 3 unspecified atom stereocenters. The van der Waals surface area contributed by atoms with Gasteiger partial charge < -0.3 is 15.2 Å². The van der Waals surface area contributed by atoms with Gasteiger partial charge in [0.15, 0.2) is 0 Å². The molecule has 2 aliphatic heterocycles. The highest BCUT2D eigenvalue weighted by Crippen LogP contribution is 2.27. The van der Waals surface area contributed by atoms with Crippen molar-refractivity contribution in [3.8, 4) is 0 Å². The van der Waals surface area contributed by atoms with E-state index in [1.165, 1.54) is 19.4 Å². The van der Waals surface area contributed by atoms with E-state index in [1.807, 2.05) is 0 Å². The molecule has 0 aromatic carbocycles. The van der Waals surface area contributed by atoms with Crippen molar-refractivity contribution in [3.05, 3.63) is 0 Å². The van der Waals surface area contributed by atoms with Crippen LogP contribution in [0.1, 0.15) is 32.6 Å². The van der Waals surface area contributed by atoms with Crippen molar-refractivity contribution in [2.75, 3.05) is 26.2 Å². The van der Waals surface area contributed by atoms with Gasteiger partial charge in [-0.05, 0) is 32.7 Å². The molecule has 2 saturated heterocycles. The average Bonchev–Trinajstić information content (AvgIpc) is 2.89. The van der Waals surface area contributed by atoms with E-state index >= 15 is 0 Å². The Hall–Kier alpha value is -0.650. The lowest BCUT2D eigenvalue weighted by Gasteiger charge is -2.22. The van der Waals surface area contributed by atoms with Gasteiger partial charge in [-0.25, -0.2) is 0 Å². The molecule has 0 bridgehead atoms. The summed E-state index contributed by atoms with van der Waals surface area (Å²) in [5, 5.41) is 13.2. The summed E-state index contributed by atoms with van der Waals surface area (Å²) in [4.78, 5) is 13.7. The van der Waals surface area contributed by atoms with E-state index in [9.17, 15) is 9.90 Å². The molecular weight excluding hydrogens is 232 g/mol. The van der Waals surface area contributed by atoms with Crippen LogP contribution in [-0.4, -0.2) is 60.4 Å². The van der Waals surface area contributed by atoms with Gasteiger partial charge in [0.25, 0.3) is 0 Å². The maximum Gasteiger partial charge on any atom is 0.308 e. The number of ether oxygens (including phenoxy) is 1. The Morgan fingerprint density at radius 3 is 3.11 bits per heavy atom. The Labute approximate surface area is 108 Å². The van der Waals surface area contributed by atoms with Crippen LogP contribution in [0.5, 0.6) is 0 Å². The average molecular weight is 256 g/mol. The first kappa shape index (κ1) is 13.8. The van der Waals surface area contributed by atoms with Gasteiger partial charge in [0, 0.05) is 25.2 Å². The topological polar surface area (TPSA) is 61.8 Å². The van der Waals surface area contributed by atoms with E-state index in [1.54, 1.807) is 6.92 Å². The van der Waals surface area contributed by atoms with Gasteiger partial charge in [0.2, 0.25) is 0 Å². The minimum absolute atomic E-state index is 0.0853. The van der Waals surface area contributed by atoms with E-state index in [2.05, 4.69) is 10.2 Å². The number of carbonyl (C=O) groups excluding carboxylic acids is 1. The van der Waals surface area contributed by atoms with Crippen molar-refractivity contribution in [1.29, 1.82) is 0 Å². The second kappa shape index (κ2) is 6.50. The molecule has 2 fully saturated rings. The molecule has 5 nitrogen and oxygen atoms in total. The number of rotatable bonds is 6. The molecule has 0 aliphatic carbocycles. The monoisotopic (exact) mass is 256 g/mol. The maximum atomic E-state index is 11.2. The molecule has 0 aromatic heterocycles. The second-order valence-corrected chi connectivity index (χ2v) is 5.21. The number of nitrogens with zero attached hydrogens (tertiary/aromatic N) is 1. The zero-order valence-corrected chi connectivity index (χ0v) is 11.1. The number of hydrogen-bond acceptors (Lipinski definition) is 5. The van der Waals surface area contributed by atoms with Gasteiger partial charge in [-0.2, -0.15) is 0 Å². The molecule has 2 N–H and O–H groups in total. The summed E-state index contributed by atoms with van der Waals surface area (Å²) in [6.07, 6.45) is 3.14. The zero-order chi connectivity index (χ0) is 13.0. The van der Waals surface area contributed by atoms with Gasteiger partial charge in [0.1, 0.15) is 0 Å². The van der Waals surface area contributed by atoms with Crippen molar-refractivity contribution in [1.82, 2.24) is 10.2 Å². The summed E-state index contributed by atoms with van der Waals surface area (Å²) >= 11 is 0. The smallest absolute Gasteiger partial charge is 0.308 e. The van der Waals surface area contributed by atoms with E-state index in [0.717, 1.165) is 13.0 Å². The first-order valence-corrected chi connectivity index (χ1v) is 7.01. The van der Waals surface area contributed by atoms with E-state index in [0.29, 0.717) is 25.2 Å². The van der Waals surface area contributed by atoms with Crippen LogP contribution >= 0.6 is 0 Å². The Morgan fingerprint density at radius 2 is 2.33 bits per heavy atom. The van der Waals surface area contributed by atoms with Crippen LogP contribution in [0.3, 0.4) is 0 Å². The first-order chi connectivity index (χ1) is 8.70. The lowest BCUT2D eigenvalue weighted by Crippen LogP contribution is -2.42. The largest absolute Gasteiger partial charge is 0.466 e. The molecule has 0 radical (unpaired) electrons. The highest BCUT2D eigenvalue weighted by atomic mass is 16.5. The van der Waals surface area contributed by atoms with Crippen molar-refractivity contribution < 1.29 is 14.6 Å². The summed E-state index contributed by atoms with van der Waals surface area (Å²) in [5.41, 5.74) is 0. The van der Waals surface area contributed by atoms with Gasteiger partial charge >= 0.3 is 5.97 Å². The molecule has 5 heteroatoms. The van der Waals surface area contributed by atoms with E-state index in [4.69, 9.17) is 4.74 Å². The van der Waals surface area contributed by atoms with Crippen LogP contribution in [0.4, 0.5) is 0 Å². The third kappa shape index (κ3) is 3.43. The van der Waals surface area contributed by atoms with Crippen LogP contribution in [-0.2, 0) is 9.53 Å². The Kier molecular flexibility index (Phi) is 4.97. The number of carbonyl (C=O) groups is 1. The summed E-state index contributed by atoms with van der Waals surface area (Å²) < 4.78 is 4.82. The molecule has 18 heavy (non-hydrogen) atoms. The Morgan fingerprint density at radius 1 is 1.50 bits per heavy atom. The summed E-state index contributed by atoms with van der Waals surface area (Å²) in [5.74, 6) is -0.319. The molecule has 0 aromatic rings. The molecule has 2 rings (SSSR count). The van der Waals surface area contributed by atoms with E-state index in [-0.39, 0.29) is 12.4 Å². The number of fused-ring (bicyclic) bond motifs is 1. The highest BCUT2D eigenvalue weighted by Gasteiger charge is 2.36. The van der Waals surface area contributed by atoms with E-state index < -0.39 is 6.10 Å². The van der Waals surface area contributed by atoms with Crippen molar-refractivity contribution in [2.24, 2.45) is 0 Å². The minimum atomic E-state index is -0.639. The molecular formula is C13H24N2O3. The zero-order valence-electron chi connectivity index (χ0n) is 11.1. The first-order valence-electron chi connectivity index (χ1n) is 7.01. The molecule has 0 amide bonds. The van der Waals surface area contributed by atoms with Gasteiger partial charge in [-0.15, -0.1) is 0 Å². The number of aliphatic hydroxyl groups is 1. The third-order valence-corrected chi connectivity index (χ3v) is 3.93. The van der Waals surface area contributed by atoms with Crippen molar-refractivity contribution >= 4 is 5.97 Å². The number of hydrogen-bond donors (Lipinski definition) is 2. The lowest BCUT2D eigenvalue weighted by molar-refractivity contribution is -0.145. The van der Waals surface area contributed by atoms with Crippen LogP contribution < -0.4 is 5.32 Å². The van der Waals surface area contributed by atoms with Crippen LogP contribution in [0, 0.1) is 0 Å². The predicted octanol–water partition coefficient (Wildman–Crippen LogP) is 0.127. The SMILES string of the molecule is CCOC(=O)CC(O)CNC1CCN2CCCC12. The number of aliphatic hydroxyl groups excluding tert-OH is 1. The number of esters is 1. The maximum absolute atomic E-state index is 11.2. The van der Waals surface area contributed by atoms with Gasteiger partial charge in [-0.1, -0.05) is 0 Å². The molecule has 0 saturated carbocycles. The van der Waals surface area contributed by atoms with Crippen LogP contribution in [0.25, 0.3) is 0 Å². The lowest BCUT2D eigenvalue weighted by atomic mass is 10.1. The molecule has 2 aliphatic rings. The summed E-state index contributed by atoms with van der Waals surface area (Å²) in [7, 11) is 0. The van der Waals surface area contributed by atoms with Crippen LogP contribution in [0.2, 0.25) is 0 Å². The van der Waals surface area contributed by atoms with Crippen molar-refractivity contribution in [3.63, 3.8) is 0 Å². The molecule has 2 heterocycles. The standard InChI is InChI=1S/C13H24N2O3/c1-2-18-13(17)8-10(16)9-14-11-5-7-15-6-3-4-12(11)15/h10-12,14,16H,2-9H2,1H3.